The first kappa shape index (κ1) is 31.0. The van der Waals surface area contributed by atoms with Crippen molar-refractivity contribution < 1.29 is 18.8 Å². The number of benzene rings is 2. The second-order valence-corrected chi connectivity index (χ2v) is 13.7. The highest BCUT2D eigenvalue weighted by Crippen LogP contribution is 2.29. The van der Waals surface area contributed by atoms with Gasteiger partial charge in [0, 0.05) is 42.1 Å². The van der Waals surface area contributed by atoms with Crippen LogP contribution >= 0.6 is 0 Å². The lowest BCUT2D eigenvalue weighted by Gasteiger charge is -2.24. The molecular formula is C34H42N6O4. The van der Waals surface area contributed by atoms with Gasteiger partial charge in [0.05, 0.1) is 11.2 Å². The van der Waals surface area contributed by atoms with E-state index in [-0.39, 0.29) is 11.5 Å². The molecule has 5 rings (SSSR count). The average Bonchev–Trinajstić information content (AvgIpc) is 3.59. The summed E-state index contributed by atoms with van der Waals surface area (Å²) in [7, 11) is 0. The minimum absolute atomic E-state index is 0.207. The molecule has 232 valence electrons. The summed E-state index contributed by atoms with van der Waals surface area (Å²) in [6, 6.07) is 13.4. The van der Waals surface area contributed by atoms with Gasteiger partial charge < -0.3 is 19.5 Å². The van der Waals surface area contributed by atoms with Gasteiger partial charge in [0.1, 0.15) is 17.7 Å². The number of hydrogen-bond acceptors (Lipinski definition) is 7. The van der Waals surface area contributed by atoms with E-state index >= 15 is 0 Å². The van der Waals surface area contributed by atoms with Crippen LogP contribution in [-0.4, -0.2) is 50.8 Å². The summed E-state index contributed by atoms with van der Waals surface area (Å²) in [5.74, 6) is 1.41. The second-order valence-electron chi connectivity index (χ2n) is 13.7. The smallest absolute Gasteiger partial charge is 0.410 e. The lowest BCUT2D eigenvalue weighted by atomic mass is 9.93. The zero-order valence-electron chi connectivity index (χ0n) is 26.7. The van der Waals surface area contributed by atoms with Gasteiger partial charge in [0.25, 0.3) is 0 Å². The highest BCUT2D eigenvalue weighted by atomic mass is 16.6. The van der Waals surface area contributed by atoms with Crippen LogP contribution in [0.15, 0.2) is 53.3 Å². The van der Waals surface area contributed by atoms with Gasteiger partial charge in [-0.1, -0.05) is 38.1 Å². The number of carbonyl (C=O) groups excluding carboxylic acids is 2. The summed E-state index contributed by atoms with van der Waals surface area (Å²) < 4.78 is 10.9. The fraction of sp³-hybridized carbons (Fsp3) is 0.441. The predicted octanol–water partition coefficient (Wildman–Crippen LogP) is 7.26. The summed E-state index contributed by atoms with van der Waals surface area (Å²) in [6.45, 7) is 15.2. The van der Waals surface area contributed by atoms with Crippen molar-refractivity contribution in [2.45, 2.75) is 78.7 Å². The quantitative estimate of drug-likeness (QED) is 0.239. The molecule has 3 amide bonds. The molecule has 2 aromatic heterocycles. The van der Waals surface area contributed by atoms with E-state index in [2.05, 4.69) is 44.8 Å². The van der Waals surface area contributed by atoms with Gasteiger partial charge in [-0.25, -0.2) is 19.6 Å². The molecule has 1 saturated heterocycles. The molecule has 0 bridgehead atoms. The highest BCUT2D eigenvalue weighted by Gasteiger charge is 2.30. The van der Waals surface area contributed by atoms with Gasteiger partial charge in [0.15, 0.2) is 5.82 Å². The Kier molecular flexibility index (Phi) is 8.63. The molecule has 4 aromatic rings. The standard InChI is InChI=1S/C34H42N6O4/c1-21-13-27-26(17-24(21)14-23-11-12-40(19-23)32(42)43-34(5,6)7)28(36-20-35-27)16-22-9-8-10-25(15-22)37-31(41)38-30-18-29(44-39-30)33(2,3)4/h8-10,13,15,17-18,20,23H,11-12,14,16,19H2,1-7H3,(H2,37,38,39,41). The number of carbonyl (C=O) groups is 2. The molecule has 10 nitrogen and oxygen atoms in total. The van der Waals surface area contributed by atoms with Crippen molar-refractivity contribution >= 4 is 34.5 Å². The molecule has 0 spiro atoms. The molecule has 44 heavy (non-hydrogen) atoms. The van der Waals surface area contributed by atoms with Crippen molar-refractivity contribution in [3.8, 4) is 0 Å². The van der Waals surface area contributed by atoms with Gasteiger partial charge in [-0.3, -0.25) is 5.32 Å². The summed E-state index contributed by atoms with van der Waals surface area (Å²) in [6.07, 6.45) is 3.75. The van der Waals surface area contributed by atoms with Crippen molar-refractivity contribution in [3.63, 3.8) is 0 Å². The van der Waals surface area contributed by atoms with E-state index in [0.717, 1.165) is 35.0 Å². The number of urea groups is 1. The van der Waals surface area contributed by atoms with Crippen LogP contribution in [0.2, 0.25) is 0 Å². The fourth-order valence-electron chi connectivity index (χ4n) is 5.39. The first-order chi connectivity index (χ1) is 20.7. The molecule has 1 aliphatic rings. The first-order valence-corrected chi connectivity index (χ1v) is 15.1. The number of aromatic nitrogens is 3. The topological polar surface area (TPSA) is 122 Å². The number of nitrogens with zero attached hydrogens (tertiary/aromatic N) is 4. The predicted molar refractivity (Wildman–Crippen MR) is 171 cm³/mol. The zero-order valence-corrected chi connectivity index (χ0v) is 26.7. The Balaban J connectivity index is 1.27. The lowest BCUT2D eigenvalue weighted by Crippen LogP contribution is -2.35. The monoisotopic (exact) mass is 598 g/mol. The van der Waals surface area contributed by atoms with Crippen LogP contribution in [0, 0.1) is 12.8 Å². The number of hydrogen-bond donors (Lipinski definition) is 2. The van der Waals surface area contributed by atoms with Crippen molar-refractivity contribution in [1.82, 2.24) is 20.0 Å². The van der Waals surface area contributed by atoms with E-state index in [1.54, 1.807) is 12.4 Å². The van der Waals surface area contributed by atoms with E-state index in [4.69, 9.17) is 9.26 Å². The molecule has 10 heteroatoms. The average molecular weight is 599 g/mol. The highest BCUT2D eigenvalue weighted by molar-refractivity contribution is 5.99. The molecule has 0 radical (unpaired) electrons. The number of likely N-dealkylation sites (tertiary alicyclic amines) is 1. The summed E-state index contributed by atoms with van der Waals surface area (Å²) in [4.78, 5) is 36.2. The molecule has 2 N–H and O–H groups in total. The Morgan fingerprint density at radius 3 is 2.57 bits per heavy atom. The second kappa shape index (κ2) is 12.3. The van der Waals surface area contributed by atoms with Gasteiger partial charge in [-0.2, -0.15) is 0 Å². The first-order valence-electron chi connectivity index (χ1n) is 15.1. The molecule has 3 heterocycles. The Hall–Kier alpha value is -4.47. The number of nitrogens with one attached hydrogen (secondary N) is 2. The fourth-order valence-corrected chi connectivity index (χ4v) is 5.39. The molecule has 0 aliphatic carbocycles. The van der Waals surface area contributed by atoms with Crippen LogP contribution in [0.4, 0.5) is 21.1 Å². The largest absolute Gasteiger partial charge is 0.444 e. The lowest BCUT2D eigenvalue weighted by molar-refractivity contribution is 0.0288. The molecular weight excluding hydrogens is 556 g/mol. The van der Waals surface area contributed by atoms with Crippen LogP contribution in [0.25, 0.3) is 10.9 Å². The summed E-state index contributed by atoms with van der Waals surface area (Å²) in [5.41, 5.74) is 5.18. The molecule has 0 saturated carbocycles. The van der Waals surface area contributed by atoms with E-state index in [0.29, 0.717) is 42.7 Å². The normalized spacial score (nSPS) is 15.4. The van der Waals surface area contributed by atoms with E-state index in [9.17, 15) is 9.59 Å². The van der Waals surface area contributed by atoms with Crippen molar-refractivity contribution in [3.05, 3.63) is 76.9 Å². The molecule has 2 aromatic carbocycles. The number of fused-ring (bicyclic) bond motifs is 1. The van der Waals surface area contributed by atoms with Crippen molar-refractivity contribution in [2.75, 3.05) is 23.7 Å². The number of amides is 3. The third-order valence-corrected chi connectivity index (χ3v) is 7.67. The van der Waals surface area contributed by atoms with Crippen LogP contribution in [-0.2, 0) is 23.0 Å². The van der Waals surface area contributed by atoms with E-state index < -0.39 is 11.6 Å². The van der Waals surface area contributed by atoms with Gasteiger partial charge >= 0.3 is 12.1 Å². The maximum atomic E-state index is 12.7. The Labute approximate surface area is 258 Å². The molecule has 1 atom stereocenters. The minimum atomic E-state index is -0.503. The number of ether oxygens (including phenoxy) is 1. The number of anilines is 2. The van der Waals surface area contributed by atoms with Crippen LogP contribution < -0.4 is 10.6 Å². The molecule has 1 unspecified atom stereocenters. The van der Waals surface area contributed by atoms with Crippen molar-refractivity contribution in [1.29, 1.82) is 0 Å². The summed E-state index contributed by atoms with van der Waals surface area (Å²) >= 11 is 0. The zero-order chi connectivity index (χ0) is 31.6. The number of rotatable bonds is 6. The molecule has 1 fully saturated rings. The van der Waals surface area contributed by atoms with Crippen LogP contribution in [0.5, 0.6) is 0 Å². The van der Waals surface area contributed by atoms with E-state index in [1.165, 1.54) is 11.1 Å². The Morgan fingerprint density at radius 2 is 1.84 bits per heavy atom. The van der Waals surface area contributed by atoms with Crippen LogP contribution in [0.1, 0.15) is 76.1 Å². The maximum absolute atomic E-state index is 12.7. The SMILES string of the molecule is Cc1cc2ncnc(Cc3cccc(NC(=O)Nc4cc(C(C)(C)C)on4)c3)c2cc1CC1CCN(C(=O)OC(C)(C)C)C1. The number of aryl methyl sites for hydroxylation is 1. The van der Waals surface area contributed by atoms with Gasteiger partial charge in [-0.15, -0.1) is 0 Å². The van der Waals surface area contributed by atoms with Gasteiger partial charge in [0.2, 0.25) is 0 Å². The maximum Gasteiger partial charge on any atom is 0.410 e. The Morgan fingerprint density at radius 1 is 1.05 bits per heavy atom. The van der Waals surface area contributed by atoms with E-state index in [1.807, 2.05) is 70.7 Å². The van der Waals surface area contributed by atoms with Crippen LogP contribution in [0.3, 0.4) is 0 Å². The molecule has 1 aliphatic heterocycles. The Bertz CT molecular complexity index is 1670. The van der Waals surface area contributed by atoms with Crippen molar-refractivity contribution in [2.24, 2.45) is 5.92 Å². The third kappa shape index (κ3) is 7.72. The summed E-state index contributed by atoms with van der Waals surface area (Å²) in [5, 5.41) is 10.6. The third-order valence-electron chi connectivity index (χ3n) is 7.67. The minimum Gasteiger partial charge on any atom is -0.444 e. The van der Waals surface area contributed by atoms with Gasteiger partial charge in [-0.05, 0) is 87.4 Å².